The van der Waals surface area contributed by atoms with E-state index in [1.54, 1.807) is 7.11 Å². The van der Waals surface area contributed by atoms with E-state index in [4.69, 9.17) is 9.47 Å². The Kier molecular flexibility index (Phi) is 6.80. The minimum absolute atomic E-state index is 0.699. The lowest BCUT2D eigenvalue weighted by molar-refractivity contribution is 0.0961. The molecule has 0 saturated carbocycles. The van der Waals surface area contributed by atoms with Crippen molar-refractivity contribution in [1.82, 2.24) is 15.1 Å². The molecule has 0 bridgehead atoms. The first kappa shape index (κ1) is 13.2. The van der Waals surface area contributed by atoms with Gasteiger partial charge in [0.1, 0.15) is 0 Å². The minimum atomic E-state index is 0.699. The van der Waals surface area contributed by atoms with Crippen LogP contribution in [0.15, 0.2) is 12.4 Å². The van der Waals surface area contributed by atoms with E-state index in [0.717, 1.165) is 32.7 Å². The summed E-state index contributed by atoms with van der Waals surface area (Å²) in [7, 11) is 3.63. The average molecular weight is 227 g/mol. The fourth-order valence-electron chi connectivity index (χ4n) is 1.39. The molecule has 0 aromatic carbocycles. The van der Waals surface area contributed by atoms with Crippen molar-refractivity contribution >= 4 is 0 Å². The second kappa shape index (κ2) is 8.27. The summed E-state index contributed by atoms with van der Waals surface area (Å²) in [5.74, 6) is 0. The molecular weight excluding hydrogens is 206 g/mol. The highest BCUT2D eigenvalue weighted by atomic mass is 16.5. The molecule has 0 radical (unpaired) electrons. The molecule has 1 aromatic heterocycles. The van der Waals surface area contributed by atoms with Gasteiger partial charge in [-0.05, 0) is 13.5 Å². The highest BCUT2D eigenvalue weighted by Crippen LogP contribution is 1.96. The Hall–Kier alpha value is -0.910. The second-order valence-corrected chi connectivity index (χ2v) is 3.60. The molecule has 16 heavy (non-hydrogen) atoms. The number of methoxy groups -OCH3 is 1. The summed E-state index contributed by atoms with van der Waals surface area (Å²) in [6.07, 6.45) is 4.86. The lowest BCUT2D eigenvalue weighted by Crippen LogP contribution is -2.08. The van der Waals surface area contributed by atoms with Crippen molar-refractivity contribution in [3.05, 3.63) is 18.0 Å². The van der Waals surface area contributed by atoms with Crippen LogP contribution in [0.25, 0.3) is 0 Å². The number of hydrogen-bond donors (Lipinski definition) is 1. The monoisotopic (exact) mass is 227 g/mol. The van der Waals surface area contributed by atoms with Gasteiger partial charge in [-0.3, -0.25) is 4.68 Å². The van der Waals surface area contributed by atoms with Crippen molar-refractivity contribution < 1.29 is 9.47 Å². The van der Waals surface area contributed by atoms with Gasteiger partial charge in [0.25, 0.3) is 0 Å². The zero-order chi connectivity index (χ0) is 11.6. The number of rotatable bonds is 9. The Balaban J connectivity index is 2.07. The zero-order valence-corrected chi connectivity index (χ0v) is 10.1. The van der Waals surface area contributed by atoms with Gasteiger partial charge in [-0.15, -0.1) is 0 Å². The Morgan fingerprint density at radius 1 is 1.38 bits per heavy atom. The predicted octanol–water partition coefficient (Wildman–Crippen LogP) is 0.656. The van der Waals surface area contributed by atoms with Gasteiger partial charge < -0.3 is 14.8 Å². The molecule has 0 fully saturated rings. The lowest BCUT2D eigenvalue weighted by Gasteiger charge is -2.03. The van der Waals surface area contributed by atoms with E-state index in [2.05, 4.69) is 10.4 Å². The topological polar surface area (TPSA) is 48.3 Å². The average Bonchev–Trinajstić information content (AvgIpc) is 2.72. The third kappa shape index (κ3) is 5.25. The van der Waals surface area contributed by atoms with E-state index >= 15 is 0 Å². The Labute approximate surface area is 96.7 Å². The van der Waals surface area contributed by atoms with Crippen molar-refractivity contribution in [2.75, 3.05) is 34.0 Å². The van der Waals surface area contributed by atoms with Crippen molar-refractivity contribution in [2.24, 2.45) is 0 Å². The Morgan fingerprint density at radius 2 is 2.25 bits per heavy atom. The number of aromatic nitrogens is 2. The van der Waals surface area contributed by atoms with Crippen LogP contribution in [0.4, 0.5) is 0 Å². The molecule has 5 heteroatoms. The van der Waals surface area contributed by atoms with Crippen LogP contribution in [0, 0.1) is 0 Å². The molecule has 0 saturated heterocycles. The third-order valence-electron chi connectivity index (χ3n) is 2.17. The maximum atomic E-state index is 5.45. The lowest BCUT2D eigenvalue weighted by atomic mass is 10.4. The number of nitrogens with one attached hydrogen (secondary N) is 1. The maximum absolute atomic E-state index is 5.45. The van der Waals surface area contributed by atoms with E-state index in [1.807, 2.05) is 24.1 Å². The fraction of sp³-hybridized carbons (Fsp3) is 0.727. The normalized spacial score (nSPS) is 10.9. The van der Waals surface area contributed by atoms with Crippen LogP contribution in [-0.4, -0.2) is 43.8 Å². The standard InChI is InChI=1S/C11H21N3O2/c1-12-8-11-9-13-14(10-11)4-7-16-6-3-5-15-2/h9-10,12H,3-8H2,1-2H3. The van der Waals surface area contributed by atoms with Crippen molar-refractivity contribution in [1.29, 1.82) is 0 Å². The van der Waals surface area contributed by atoms with Crippen LogP contribution in [0.3, 0.4) is 0 Å². The molecule has 0 aliphatic carbocycles. The smallest absolute Gasteiger partial charge is 0.0662 e. The molecule has 1 aromatic rings. The predicted molar refractivity (Wildman–Crippen MR) is 62.3 cm³/mol. The van der Waals surface area contributed by atoms with Gasteiger partial charge in [0.15, 0.2) is 0 Å². The molecule has 0 amide bonds. The van der Waals surface area contributed by atoms with Crippen LogP contribution < -0.4 is 5.32 Å². The first-order chi connectivity index (χ1) is 7.86. The van der Waals surface area contributed by atoms with Crippen molar-refractivity contribution in [3.63, 3.8) is 0 Å². The molecule has 1 N–H and O–H groups in total. The van der Waals surface area contributed by atoms with Gasteiger partial charge in [-0.1, -0.05) is 0 Å². The van der Waals surface area contributed by atoms with E-state index in [1.165, 1.54) is 5.56 Å². The molecule has 1 heterocycles. The van der Waals surface area contributed by atoms with E-state index in [-0.39, 0.29) is 0 Å². The van der Waals surface area contributed by atoms with Gasteiger partial charge in [0, 0.05) is 38.6 Å². The van der Waals surface area contributed by atoms with Gasteiger partial charge in [0.05, 0.1) is 19.3 Å². The van der Waals surface area contributed by atoms with Crippen LogP contribution in [-0.2, 0) is 22.6 Å². The van der Waals surface area contributed by atoms with Crippen LogP contribution in [0.2, 0.25) is 0 Å². The molecule has 0 unspecified atom stereocenters. The Bertz CT molecular complexity index is 276. The fourth-order valence-corrected chi connectivity index (χ4v) is 1.39. The molecule has 1 rings (SSSR count). The largest absolute Gasteiger partial charge is 0.385 e. The quantitative estimate of drug-likeness (QED) is 0.629. The summed E-state index contributed by atoms with van der Waals surface area (Å²) in [4.78, 5) is 0. The summed E-state index contributed by atoms with van der Waals surface area (Å²) in [6, 6.07) is 0. The van der Waals surface area contributed by atoms with Gasteiger partial charge in [-0.25, -0.2) is 0 Å². The number of nitrogens with zero attached hydrogens (tertiary/aromatic N) is 2. The highest BCUT2D eigenvalue weighted by Gasteiger charge is 1.97. The summed E-state index contributed by atoms with van der Waals surface area (Å²) in [5.41, 5.74) is 1.20. The SMILES string of the molecule is CNCc1cnn(CCOCCCOC)c1. The number of ether oxygens (including phenoxy) is 2. The summed E-state index contributed by atoms with van der Waals surface area (Å²) in [6.45, 7) is 3.86. The molecular formula is C11H21N3O2. The minimum Gasteiger partial charge on any atom is -0.385 e. The van der Waals surface area contributed by atoms with Crippen LogP contribution in [0.5, 0.6) is 0 Å². The molecule has 92 valence electrons. The van der Waals surface area contributed by atoms with Gasteiger partial charge >= 0.3 is 0 Å². The molecule has 0 spiro atoms. The molecule has 0 atom stereocenters. The first-order valence-electron chi connectivity index (χ1n) is 5.59. The third-order valence-corrected chi connectivity index (χ3v) is 2.17. The van der Waals surface area contributed by atoms with Crippen molar-refractivity contribution in [3.8, 4) is 0 Å². The van der Waals surface area contributed by atoms with E-state index in [9.17, 15) is 0 Å². The molecule has 0 aliphatic heterocycles. The maximum Gasteiger partial charge on any atom is 0.0662 e. The highest BCUT2D eigenvalue weighted by molar-refractivity contribution is 5.02. The van der Waals surface area contributed by atoms with E-state index < -0.39 is 0 Å². The second-order valence-electron chi connectivity index (χ2n) is 3.60. The van der Waals surface area contributed by atoms with Gasteiger partial charge in [0.2, 0.25) is 0 Å². The molecule has 5 nitrogen and oxygen atoms in total. The zero-order valence-electron chi connectivity index (χ0n) is 10.1. The summed E-state index contributed by atoms with van der Waals surface area (Å²) >= 11 is 0. The first-order valence-corrected chi connectivity index (χ1v) is 5.59. The summed E-state index contributed by atoms with van der Waals surface area (Å²) < 4.78 is 12.3. The van der Waals surface area contributed by atoms with Crippen LogP contribution >= 0.6 is 0 Å². The van der Waals surface area contributed by atoms with Crippen LogP contribution in [0.1, 0.15) is 12.0 Å². The van der Waals surface area contributed by atoms with Crippen molar-refractivity contribution in [2.45, 2.75) is 19.5 Å². The summed E-state index contributed by atoms with van der Waals surface area (Å²) in [5, 5.41) is 7.33. The Morgan fingerprint density at radius 3 is 3.00 bits per heavy atom. The van der Waals surface area contributed by atoms with Gasteiger partial charge in [-0.2, -0.15) is 5.10 Å². The number of hydrogen-bond acceptors (Lipinski definition) is 4. The van der Waals surface area contributed by atoms with E-state index in [0.29, 0.717) is 6.61 Å². The molecule has 0 aliphatic rings.